The van der Waals surface area contributed by atoms with E-state index in [1.807, 2.05) is 5.43 Å². The fraction of sp³-hybridized carbons (Fsp3) is 0.267. The molecule has 1 aromatic carbocycles. The molecule has 0 spiro atoms. The number of hydrazine groups is 1. The quantitative estimate of drug-likeness (QED) is 0.492. The van der Waals surface area contributed by atoms with E-state index in [0.717, 1.165) is 4.68 Å². The van der Waals surface area contributed by atoms with Gasteiger partial charge in [0.15, 0.2) is 5.69 Å². The van der Waals surface area contributed by atoms with Gasteiger partial charge in [-0.1, -0.05) is 18.2 Å². The second-order valence-electron chi connectivity index (χ2n) is 5.36. The van der Waals surface area contributed by atoms with E-state index in [2.05, 4.69) is 15.8 Å². The molecule has 0 unspecified atom stereocenters. The molecule has 0 aliphatic heterocycles. The molecule has 2 aromatic rings. The van der Waals surface area contributed by atoms with Gasteiger partial charge in [-0.25, -0.2) is 4.68 Å². The number of nitrogens with one attached hydrogen (secondary N) is 3. The van der Waals surface area contributed by atoms with Crippen molar-refractivity contribution in [2.24, 2.45) is 7.05 Å². The number of benzene rings is 1. The van der Waals surface area contributed by atoms with Crippen molar-refractivity contribution in [2.75, 3.05) is 0 Å². The minimum atomic E-state index is -1.01. The monoisotopic (exact) mass is 331 g/mol. The van der Waals surface area contributed by atoms with Gasteiger partial charge in [-0.2, -0.15) is 5.10 Å². The number of aromatic nitrogens is 2. The molecule has 9 heteroatoms. The summed E-state index contributed by atoms with van der Waals surface area (Å²) >= 11 is 0. The van der Waals surface area contributed by atoms with Crippen LogP contribution in [0.5, 0.6) is 0 Å². The highest BCUT2D eigenvalue weighted by molar-refractivity contribution is 6.35. The minimum Gasteiger partial charge on any atom is -0.346 e. The standard InChI is InChI=1S/C15H17N5O4/c1-8(2)16-13(22)14(23)18-17-12(21)11-9-6-4-5-7-10(9)15(24)20(3)19-11/h4-8H,1-3H3,(H,16,22)(H,17,21)(H,18,23). The van der Waals surface area contributed by atoms with Crippen LogP contribution < -0.4 is 21.7 Å². The molecule has 2 rings (SSSR count). The van der Waals surface area contributed by atoms with Crippen LogP contribution in [0, 0.1) is 0 Å². The summed E-state index contributed by atoms with van der Waals surface area (Å²) in [5.74, 6) is -2.62. The molecule has 0 aliphatic carbocycles. The highest BCUT2D eigenvalue weighted by Crippen LogP contribution is 2.12. The molecule has 3 N–H and O–H groups in total. The molecule has 0 saturated heterocycles. The third-order valence-electron chi connectivity index (χ3n) is 3.09. The third kappa shape index (κ3) is 3.57. The average Bonchev–Trinajstić information content (AvgIpc) is 2.55. The van der Waals surface area contributed by atoms with E-state index >= 15 is 0 Å². The van der Waals surface area contributed by atoms with Crippen LogP contribution in [0.3, 0.4) is 0 Å². The number of carbonyl (C=O) groups is 3. The van der Waals surface area contributed by atoms with Crippen LogP contribution in [-0.2, 0) is 16.6 Å². The smallest absolute Gasteiger partial charge is 0.327 e. The Balaban J connectivity index is 2.21. The molecular weight excluding hydrogens is 314 g/mol. The van der Waals surface area contributed by atoms with E-state index in [4.69, 9.17) is 0 Å². The van der Waals surface area contributed by atoms with Gasteiger partial charge in [0, 0.05) is 18.5 Å². The molecule has 1 heterocycles. The van der Waals surface area contributed by atoms with Gasteiger partial charge in [0.05, 0.1) is 5.39 Å². The van der Waals surface area contributed by atoms with Crippen LogP contribution in [0.2, 0.25) is 0 Å². The van der Waals surface area contributed by atoms with Gasteiger partial charge in [0.25, 0.3) is 11.5 Å². The summed E-state index contributed by atoms with van der Waals surface area (Å²) in [6, 6.07) is 6.27. The van der Waals surface area contributed by atoms with E-state index in [0.29, 0.717) is 10.8 Å². The second kappa shape index (κ2) is 6.90. The molecule has 24 heavy (non-hydrogen) atoms. The van der Waals surface area contributed by atoms with Crippen molar-refractivity contribution >= 4 is 28.5 Å². The summed E-state index contributed by atoms with van der Waals surface area (Å²) in [6.45, 7) is 3.40. The highest BCUT2D eigenvalue weighted by Gasteiger charge is 2.18. The average molecular weight is 331 g/mol. The molecule has 1 aromatic heterocycles. The topological polar surface area (TPSA) is 122 Å². The maximum Gasteiger partial charge on any atom is 0.327 e. The van der Waals surface area contributed by atoms with Gasteiger partial charge in [-0.15, -0.1) is 0 Å². The van der Waals surface area contributed by atoms with Crippen LogP contribution >= 0.6 is 0 Å². The zero-order valence-corrected chi connectivity index (χ0v) is 13.4. The van der Waals surface area contributed by atoms with Crippen LogP contribution in [0.15, 0.2) is 29.1 Å². The number of hydrogen-bond donors (Lipinski definition) is 3. The molecule has 0 bridgehead atoms. The lowest BCUT2D eigenvalue weighted by Crippen LogP contribution is -2.50. The summed E-state index contributed by atoms with van der Waals surface area (Å²) in [4.78, 5) is 47.3. The van der Waals surface area contributed by atoms with E-state index < -0.39 is 17.7 Å². The summed E-state index contributed by atoms with van der Waals surface area (Å²) < 4.78 is 1.03. The minimum absolute atomic E-state index is 0.0442. The van der Waals surface area contributed by atoms with Crippen LogP contribution in [0.25, 0.3) is 10.8 Å². The van der Waals surface area contributed by atoms with Crippen molar-refractivity contribution in [3.05, 3.63) is 40.3 Å². The third-order valence-corrected chi connectivity index (χ3v) is 3.09. The number of amides is 3. The van der Waals surface area contributed by atoms with Crippen LogP contribution in [0.1, 0.15) is 24.3 Å². The number of carbonyl (C=O) groups excluding carboxylic acids is 3. The first-order chi connectivity index (χ1) is 11.3. The van der Waals surface area contributed by atoms with Crippen molar-refractivity contribution in [3.8, 4) is 0 Å². The SMILES string of the molecule is CC(C)NC(=O)C(=O)NNC(=O)c1nn(C)c(=O)c2ccccc12. The van der Waals surface area contributed by atoms with Crippen LogP contribution in [-0.4, -0.2) is 33.5 Å². The molecule has 0 saturated carbocycles. The van der Waals surface area contributed by atoms with Crippen molar-refractivity contribution in [3.63, 3.8) is 0 Å². The molecule has 0 radical (unpaired) electrons. The normalized spacial score (nSPS) is 10.5. The Labute approximate surface area is 137 Å². The zero-order chi connectivity index (χ0) is 17.9. The summed E-state index contributed by atoms with van der Waals surface area (Å²) in [5.41, 5.74) is 3.73. The van der Waals surface area contributed by atoms with E-state index in [1.165, 1.54) is 7.05 Å². The number of fused-ring (bicyclic) bond motifs is 1. The van der Waals surface area contributed by atoms with Crippen molar-refractivity contribution in [1.82, 2.24) is 25.9 Å². The Kier molecular flexibility index (Phi) is 4.93. The van der Waals surface area contributed by atoms with Crippen molar-refractivity contribution in [1.29, 1.82) is 0 Å². The number of aryl methyl sites for hydroxylation is 1. The van der Waals surface area contributed by atoms with Crippen LogP contribution in [0.4, 0.5) is 0 Å². The Morgan fingerprint density at radius 2 is 1.67 bits per heavy atom. The predicted molar refractivity (Wildman–Crippen MR) is 85.9 cm³/mol. The molecule has 9 nitrogen and oxygen atoms in total. The van der Waals surface area contributed by atoms with Gasteiger partial charge in [-0.05, 0) is 19.9 Å². The molecule has 0 aliphatic rings. The number of nitrogens with zero attached hydrogens (tertiary/aromatic N) is 2. The maximum absolute atomic E-state index is 12.2. The van der Waals surface area contributed by atoms with Gasteiger partial charge in [0.1, 0.15) is 0 Å². The van der Waals surface area contributed by atoms with Crippen molar-refractivity contribution < 1.29 is 14.4 Å². The van der Waals surface area contributed by atoms with Crippen molar-refractivity contribution in [2.45, 2.75) is 19.9 Å². The molecule has 0 atom stereocenters. The van der Waals surface area contributed by atoms with E-state index in [1.54, 1.807) is 38.1 Å². The highest BCUT2D eigenvalue weighted by atomic mass is 16.2. The van der Waals surface area contributed by atoms with Gasteiger partial charge in [0.2, 0.25) is 0 Å². The van der Waals surface area contributed by atoms with Gasteiger partial charge >= 0.3 is 11.8 Å². The number of rotatable bonds is 2. The predicted octanol–water partition coefficient (Wildman–Crippen LogP) is -0.781. The first kappa shape index (κ1) is 17.1. The molecular formula is C15H17N5O4. The summed E-state index contributed by atoms with van der Waals surface area (Å²) in [7, 11) is 1.42. The lowest BCUT2D eigenvalue weighted by Gasteiger charge is -2.11. The van der Waals surface area contributed by atoms with E-state index in [-0.39, 0.29) is 17.3 Å². The first-order valence-corrected chi connectivity index (χ1v) is 7.18. The lowest BCUT2D eigenvalue weighted by molar-refractivity contribution is -0.139. The number of hydrogen-bond acceptors (Lipinski definition) is 5. The Bertz CT molecular complexity index is 872. The first-order valence-electron chi connectivity index (χ1n) is 7.18. The van der Waals surface area contributed by atoms with Gasteiger partial charge in [-0.3, -0.25) is 30.0 Å². The molecule has 3 amide bonds. The fourth-order valence-corrected chi connectivity index (χ4v) is 2.02. The summed E-state index contributed by atoms with van der Waals surface area (Å²) in [6.07, 6.45) is 0. The fourth-order valence-electron chi connectivity index (χ4n) is 2.02. The zero-order valence-electron chi connectivity index (χ0n) is 13.4. The maximum atomic E-state index is 12.2. The summed E-state index contributed by atoms with van der Waals surface area (Å²) in [5, 5.41) is 6.97. The molecule has 0 fully saturated rings. The Morgan fingerprint density at radius 1 is 1.04 bits per heavy atom. The largest absolute Gasteiger partial charge is 0.346 e. The van der Waals surface area contributed by atoms with E-state index in [9.17, 15) is 19.2 Å². The lowest BCUT2D eigenvalue weighted by atomic mass is 10.1. The second-order valence-corrected chi connectivity index (χ2v) is 5.36. The molecule has 126 valence electrons. The Hall–Kier alpha value is -3.23. The Morgan fingerprint density at radius 3 is 2.29 bits per heavy atom. The van der Waals surface area contributed by atoms with Gasteiger partial charge < -0.3 is 5.32 Å².